The lowest BCUT2D eigenvalue weighted by Crippen LogP contribution is -2.49. The predicted molar refractivity (Wildman–Crippen MR) is 105 cm³/mol. The lowest BCUT2D eigenvalue weighted by molar-refractivity contribution is -0.115. The molecule has 2 aromatic rings. The van der Waals surface area contributed by atoms with Crippen LogP contribution in [0.2, 0.25) is 0 Å². The minimum Gasteiger partial charge on any atom is -0.398 e. The Morgan fingerprint density at radius 2 is 2.08 bits per heavy atom. The number of thiazole rings is 1. The van der Waals surface area contributed by atoms with Gasteiger partial charge in [-0.3, -0.25) is 10.2 Å². The van der Waals surface area contributed by atoms with Gasteiger partial charge in [-0.05, 0) is 50.8 Å². The molecule has 2 aliphatic heterocycles. The highest BCUT2D eigenvalue weighted by Gasteiger charge is 2.34. The van der Waals surface area contributed by atoms with Crippen LogP contribution in [-0.2, 0) is 4.79 Å². The summed E-state index contributed by atoms with van der Waals surface area (Å²) in [5.74, 6) is -0.351. The number of piperidine rings is 1. The molecule has 1 amide bonds. The first-order valence-electron chi connectivity index (χ1n) is 8.97. The normalized spacial score (nSPS) is 24.4. The van der Waals surface area contributed by atoms with Crippen molar-refractivity contribution >= 4 is 28.6 Å². The summed E-state index contributed by atoms with van der Waals surface area (Å²) >= 11 is 1.54. The summed E-state index contributed by atoms with van der Waals surface area (Å²) in [7, 11) is 0. The van der Waals surface area contributed by atoms with Gasteiger partial charge in [0.1, 0.15) is 10.7 Å². The Labute approximate surface area is 156 Å². The van der Waals surface area contributed by atoms with E-state index in [1.165, 1.54) is 12.8 Å². The van der Waals surface area contributed by atoms with E-state index in [0.717, 1.165) is 29.1 Å². The average molecular weight is 369 g/mol. The molecular weight excluding hydrogens is 346 g/mol. The summed E-state index contributed by atoms with van der Waals surface area (Å²) in [6.45, 7) is 1.94. The number of carbonyl (C=O) groups is 1. The third-order valence-corrected chi connectivity index (χ3v) is 6.23. The van der Waals surface area contributed by atoms with E-state index < -0.39 is 0 Å². The monoisotopic (exact) mass is 369 g/mol. The number of anilines is 1. The van der Waals surface area contributed by atoms with E-state index in [9.17, 15) is 4.79 Å². The number of hydrogen-bond donors (Lipinski definition) is 4. The molecule has 26 heavy (non-hydrogen) atoms. The summed E-state index contributed by atoms with van der Waals surface area (Å²) in [4.78, 5) is 17.1. The number of rotatable bonds is 4. The highest BCUT2D eigenvalue weighted by molar-refractivity contribution is 7.13. The van der Waals surface area contributed by atoms with Crippen LogP contribution in [0, 0.1) is 12.3 Å². The summed E-state index contributed by atoms with van der Waals surface area (Å²) < 4.78 is 0. The Morgan fingerprint density at radius 1 is 1.35 bits per heavy atom. The number of fused-ring (bicyclic) bond motifs is 2. The summed E-state index contributed by atoms with van der Waals surface area (Å²) in [6, 6.07) is 6.54. The molecule has 0 spiro atoms. The van der Waals surface area contributed by atoms with Crippen LogP contribution in [0.1, 0.15) is 36.9 Å². The van der Waals surface area contributed by atoms with Crippen molar-refractivity contribution in [2.24, 2.45) is 0 Å². The number of nitrogens with two attached hydrogens (primary N) is 1. The van der Waals surface area contributed by atoms with Gasteiger partial charge in [-0.1, -0.05) is 0 Å². The Hall–Kier alpha value is -2.25. The molecular formula is C19H23N5OS. The molecule has 2 unspecified atom stereocenters. The first-order valence-corrected chi connectivity index (χ1v) is 9.85. The van der Waals surface area contributed by atoms with Crippen molar-refractivity contribution in [3.05, 3.63) is 34.8 Å². The number of hydrogen-bond acceptors (Lipinski definition) is 6. The molecule has 2 fully saturated rings. The fourth-order valence-electron chi connectivity index (χ4n) is 3.95. The van der Waals surface area contributed by atoms with Crippen LogP contribution < -0.4 is 16.4 Å². The second-order valence-corrected chi connectivity index (χ2v) is 8.11. The number of benzene rings is 1. The number of aromatic nitrogens is 1. The molecule has 2 atom stereocenters. The second kappa shape index (κ2) is 6.81. The third kappa shape index (κ3) is 3.37. The molecule has 5 N–H and O–H groups in total. The zero-order chi connectivity index (χ0) is 18.3. The second-order valence-electron chi connectivity index (χ2n) is 7.25. The Bertz CT molecular complexity index is 849. The number of nitrogens with one attached hydrogen (secondary N) is 3. The molecule has 0 aliphatic carbocycles. The standard InChI is InChI=1S/C19H23N5OS/c1-10-9-26-19(22-10)11-2-5-16(20)15(6-11)17(21)18(25)24-14-7-12-3-4-13(8-14)23-12/h2,5-6,9,12-14,21,23H,3-4,7-8,20H2,1H3,(H,24,25). The Balaban J connectivity index is 1.51. The van der Waals surface area contributed by atoms with Gasteiger partial charge >= 0.3 is 0 Å². The first-order chi connectivity index (χ1) is 12.5. The van der Waals surface area contributed by atoms with Gasteiger partial charge in [0.15, 0.2) is 0 Å². The minimum absolute atomic E-state index is 0.0801. The number of nitrogens with zero attached hydrogens (tertiary/aromatic N) is 1. The van der Waals surface area contributed by atoms with E-state index in [-0.39, 0.29) is 17.7 Å². The summed E-state index contributed by atoms with van der Waals surface area (Å²) in [5.41, 5.74) is 8.71. The largest absolute Gasteiger partial charge is 0.398 e. The van der Waals surface area contributed by atoms with E-state index >= 15 is 0 Å². The average Bonchev–Trinajstić information content (AvgIpc) is 3.20. The minimum atomic E-state index is -0.351. The summed E-state index contributed by atoms with van der Waals surface area (Å²) in [6.07, 6.45) is 4.22. The molecule has 0 saturated carbocycles. The van der Waals surface area contributed by atoms with E-state index in [1.807, 2.05) is 18.4 Å². The Kier molecular flexibility index (Phi) is 4.50. The lowest BCUT2D eigenvalue weighted by Gasteiger charge is -2.29. The van der Waals surface area contributed by atoms with Crippen molar-refractivity contribution in [3.63, 3.8) is 0 Å². The van der Waals surface area contributed by atoms with Gasteiger partial charge in [0.2, 0.25) is 0 Å². The fraction of sp³-hybridized carbons (Fsp3) is 0.421. The summed E-state index contributed by atoms with van der Waals surface area (Å²) in [5, 5.41) is 17.8. The van der Waals surface area contributed by atoms with E-state index in [4.69, 9.17) is 11.1 Å². The van der Waals surface area contributed by atoms with Crippen molar-refractivity contribution in [2.45, 2.75) is 50.7 Å². The molecule has 2 bridgehead atoms. The van der Waals surface area contributed by atoms with Gasteiger partial charge in [0.25, 0.3) is 5.91 Å². The maximum atomic E-state index is 12.6. The fourth-order valence-corrected chi connectivity index (χ4v) is 4.74. The van der Waals surface area contributed by atoms with Crippen LogP contribution in [-0.4, -0.2) is 34.7 Å². The van der Waals surface area contributed by atoms with Crippen molar-refractivity contribution < 1.29 is 4.79 Å². The number of aryl methyl sites for hydroxylation is 1. The molecule has 3 heterocycles. The first kappa shape index (κ1) is 17.2. The van der Waals surface area contributed by atoms with Gasteiger partial charge in [-0.2, -0.15) is 0 Å². The third-order valence-electron chi connectivity index (χ3n) is 5.22. The van der Waals surface area contributed by atoms with Gasteiger partial charge < -0.3 is 16.4 Å². The molecule has 6 nitrogen and oxygen atoms in total. The van der Waals surface area contributed by atoms with Crippen LogP contribution in [0.3, 0.4) is 0 Å². The Morgan fingerprint density at radius 3 is 2.73 bits per heavy atom. The lowest BCUT2D eigenvalue weighted by atomic mass is 9.98. The van der Waals surface area contributed by atoms with Crippen molar-refractivity contribution in [1.29, 1.82) is 5.41 Å². The van der Waals surface area contributed by atoms with E-state index in [0.29, 0.717) is 23.3 Å². The molecule has 4 rings (SSSR count). The van der Waals surface area contributed by atoms with Gasteiger partial charge in [0.05, 0.1) is 0 Å². The topological polar surface area (TPSA) is 104 Å². The highest BCUT2D eigenvalue weighted by Crippen LogP contribution is 2.28. The van der Waals surface area contributed by atoms with Crippen LogP contribution >= 0.6 is 11.3 Å². The molecule has 7 heteroatoms. The van der Waals surface area contributed by atoms with Gasteiger partial charge in [-0.15, -0.1) is 11.3 Å². The zero-order valence-electron chi connectivity index (χ0n) is 14.7. The zero-order valence-corrected chi connectivity index (χ0v) is 15.5. The SMILES string of the molecule is Cc1csc(-c2ccc(N)c(C(=N)C(=O)NC3CC4CCC(C3)N4)c2)n1. The molecule has 2 aliphatic rings. The number of nitrogen functional groups attached to an aromatic ring is 1. The maximum absolute atomic E-state index is 12.6. The van der Waals surface area contributed by atoms with Crippen LogP contribution in [0.4, 0.5) is 5.69 Å². The van der Waals surface area contributed by atoms with Crippen molar-refractivity contribution in [2.75, 3.05) is 5.73 Å². The van der Waals surface area contributed by atoms with E-state index in [1.54, 1.807) is 23.5 Å². The number of amides is 1. The smallest absolute Gasteiger partial charge is 0.270 e. The number of carbonyl (C=O) groups excluding carboxylic acids is 1. The molecule has 2 saturated heterocycles. The van der Waals surface area contributed by atoms with Crippen molar-refractivity contribution in [3.8, 4) is 10.6 Å². The predicted octanol–water partition coefficient (Wildman–Crippen LogP) is 2.47. The molecule has 0 radical (unpaired) electrons. The quantitative estimate of drug-likeness (QED) is 0.491. The van der Waals surface area contributed by atoms with Crippen LogP contribution in [0.5, 0.6) is 0 Å². The van der Waals surface area contributed by atoms with Gasteiger partial charge in [-0.25, -0.2) is 4.98 Å². The molecule has 136 valence electrons. The molecule has 1 aromatic heterocycles. The maximum Gasteiger partial charge on any atom is 0.270 e. The van der Waals surface area contributed by atoms with E-state index in [2.05, 4.69) is 15.6 Å². The van der Waals surface area contributed by atoms with Crippen LogP contribution in [0.25, 0.3) is 10.6 Å². The van der Waals surface area contributed by atoms with Crippen LogP contribution in [0.15, 0.2) is 23.6 Å². The van der Waals surface area contributed by atoms with Crippen molar-refractivity contribution in [1.82, 2.24) is 15.6 Å². The highest BCUT2D eigenvalue weighted by atomic mass is 32.1. The van der Waals surface area contributed by atoms with Gasteiger partial charge in [0, 0.05) is 46.0 Å². The molecule has 1 aromatic carbocycles.